The van der Waals surface area contributed by atoms with E-state index in [1.54, 1.807) is 6.07 Å². The van der Waals surface area contributed by atoms with Crippen molar-refractivity contribution in [2.75, 3.05) is 0 Å². The molecule has 5 nitrogen and oxygen atoms in total. The van der Waals surface area contributed by atoms with Gasteiger partial charge in [-0.25, -0.2) is 9.31 Å². The third-order valence-corrected chi connectivity index (χ3v) is 3.86. The Morgan fingerprint density at radius 1 is 1.58 bits per heavy atom. The number of carbonyl (C=O) groups is 1. The average Bonchev–Trinajstić information content (AvgIpc) is 3.00. The molecule has 1 aliphatic rings. The average molecular weight is 280 g/mol. The van der Waals surface area contributed by atoms with Crippen LogP contribution in [0.1, 0.15) is 35.8 Å². The summed E-state index contributed by atoms with van der Waals surface area (Å²) in [5, 5.41) is 17.1. The van der Waals surface area contributed by atoms with E-state index >= 15 is 0 Å². The Labute approximate surface area is 115 Å². The van der Waals surface area contributed by atoms with Gasteiger partial charge in [0.2, 0.25) is 0 Å². The number of carboxylic acid groups (broad SMARTS) is 1. The molecule has 100 valence electrons. The number of aromatic carboxylic acids is 1. The minimum atomic E-state index is -1.01. The molecule has 0 spiro atoms. The van der Waals surface area contributed by atoms with Crippen LogP contribution in [-0.2, 0) is 6.54 Å². The number of rotatable bonds is 4. The number of hydrogen-bond donors (Lipinski definition) is 2. The van der Waals surface area contributed by atoms with Crippen LogP contribution in [0.2, 0.25) is 5.02 Å². The van der Waals surface area contributed by atoms with E-state index in [2.05, 4.69) is 17.3 Å². The predicted octanol–water partition coefficient (Wildman–Crippen LogP) is 2.33. The van der Waals surface area contributed by atoms with Crippen LogP contribution >= 0.6 is 11.6 Å². The molecule has 0 aromatic carbocycles. The van der Waals surface area contributed by atoms with Crippen LogP contribution in [0, 0.1) is 0 Å². The van der Waals surface area contributed by atoms with Crippen LogP contribution in [-0.4, -0.2) is 26.2 Å². The third-order valence-electron chi connectivity index (χ3n) is 3.57. The van der Waals surface area contributed by atoms with Gasteiger partial charge in [0.15, 0.2) is 5.69 Å². The summed E-state index contributed by atoms with van der Waals surface area (Å²) in [5.41, 5.74) is 1.86. The highest BCUT2D eigenvalue weighted by Crippen LogP contribution is 2.34. The molecule has 0 radical (unpaired) electrons. The number of aromatic nitrogens is 2. The molecule has 0 aliphatic heterocycles. The van der Waals surface area contributed by atoms with E-state index in [1.165, 1.54) is 10.7 Å². The zero-order chi connectivity index (χ0) is 13.6. The number of pyridine rings is 1. The monoisotopic (exact) mass is 279 g/mol. The fourth-order valence-corrected chi connectivity index (χ4v) is 2.23. The van der Waals surface area contributed by atoms with Crippen molar-refractivity contribution in [1.29, 1.82) is 0 Å². The van der Waals surface area contributed by atoms with Crippen LogP contribution in [0.5, 0.6) is 0 Å². The van der Waals surface area contributed by atoms with Crippen LogP contribution in [0.4, 0.5) is 0 Å². The van der Waals surface area contributed by atoms with E-state index in [1.807, 2.05) is 6.07 Å². The summed E-state index contributed by atoms with van der Waals surface area (Å²) in [6, 6.07) is 3.51. The van der Waals surface area contributed by atoms with Crippen molar-refractivity contribution in [2.24, 2.45) is 0 Å². The quantitative estimate of drug-likeness (QED) is 0.901. The summed E-state index contributed by atoms with van der Waals surface area (Å²) in [6.45, 7) is 2.80. The van der Waals surface area contributed by atoms with E-state index in [4.69, 9.17) is 11.6 Å². The van der Waals surface area contributed by atoms with Crippen LogP contribution in [0.3, 0.4) is 0 Å². The highest BCUT2D eigenvalue weighted by Gasteiger charge is 2.36. The number of halogens is 1. The van der Waals surface area contributed by atoms with Gasteiger partial charge in [-0.15, -0.1) is 0 Å². The van der Waals surface area contributed by atoms with Crippen molar-refractivity contribution >= 4 is 23.1 Å². The van der Waals surface area contributed by atoms with Crippen molar-refractivity contribution in [3.05, 3.63) is 34.6 Å². The van der Waals surface area contributed by atoms with E-state index < -0.39 is 5.97 Å². The van der Waals surface area contributed by atoms with E-state index in [0.29, 0.717) is 17.1 Å². The molecule has 0 amide bonds. The van der Waals surface area contributed by atoms with Gasteiger partial charge in [-0.3, -0.25) is 0 Å². The van der Waals surface area contributed by atoms with Crippen LogP contribution in [0.25, 0.3) is 5.52 Å². The third kappa shape index (κ3) is 2.31. The molecule has 0 atom stereocenters. The molecule has 2 heterocycles. The maximum absolute atomic E-state index is 11.3. The highest BCUT2D eigenvalue weighted by atomic mass is 35.5. The SMILES string of the molecule is CC1(NCc2cc(C(=O)O)n3ncc(Cl)c3c2)CC1. The molecule has 0 saturated heterocycles. The molecular weight excluding hydrogens is 266 g/mol. The first-order valence-electron chi connectivity index (χ1n) is 6.13. The predicted molar refractivity (Wildman–Crippen MR) is 71.6 cm³/mol. The van der Waals surface area contributed by atoms with Gasteiger partial charge < -0.3 is 10.4 Å². The zero-order valence-electron chi connectivity index (χ0n) is 10.5. The fraction of sp³-hybridized carbons (Fsp3) is 0.385. The molecule has 6 heteroatoms. The van der Waals surface area contributed by atoms with Crippen molar-refractivity contribution in [3.8, 4) is 0 Å². The van der Waals surface area contributed by atoms with Gasteiger partial charge in [-0.2, -0.15) is 5.10 Å². The Bertz CT molecular complexity index is 661. The number of nitrogens with one attached hydrogen (secondary N) is 1. The Morgan fingerprint density at radius 3 is 2.95 bits per heavy atom. The first-order valence-corrected chi connectivity index (χ1v) is 6.51. The Morgan fingerprint density at radius 2 is 2.32 bits per heavy atom. The largest absolute Gasteiger partial charge is 0.477 e. The molecule has 2 aromatic rings. The van der Waals surface area contributed by atoms with Gasteiger partial charge in [0.25, 0.3) is 0 Å². The molecule has 1 saturated carbocycles. The minimum Gasteiger partial charge on any atom is -0.477 e. The zero-order valence-corrected chi connectivity index (χ0v) is 11.2. The Hall–Kier alpha value is -1.59. The second-order valence-electron chi connectivity index (χ2n) is 5.26. The first-order chi connectivity index (χ1) is 8.98. The molecule has 1 aliphatic carbocycles. The second kappa shape index (κ2) is 4.21. The second-order valence-corrected chi connectivity index (χ2v) is 5.66. The lowest BCUT2D eigenvalue weighted by atomic mass is 10.2. The van der Waals surface area contributed by atoms with Crippen LogP contribution < -0.4 is 5.32 Å². The summed E-state index contributed by atoms with van der Waals surface area (Å²) < 4.78 is 1.35. The topological polar surface area (TPSA) is 66.6 Å². The lowest BCUT2D eigenvalue weighted by Crippen LogP contribution is -2.27. The number of nitrogens with zero attached hydrogens (tertiary/aromatic N) is 2. The first kappa shape index (κ1) is 12.4. The van der Waals surface area contributed by atoms with Gasteiger partial charge in [0, 0.05) is 12.1 Å². The Kier molecular flexibility index (Phi) is 2.76. The maximum atomic E-state index is 11.3. The number of fused-ring (bicyclic) bond motifs is 1. The van der Waals surface area contributed by atoms with Gasteiger partial charge in [-0.1, -0.05) is 11.6 Å². The van der Waals surface area contributed by atoms with Crippen molar-refractivity contribution < 1.29 is 9.90 Å². The maximum Gasteiger partial charge on any atom is 0.354 e. The van der Waals surface area contributed by atoms with Gasteiger partial charge in [0.1, 0.15) is 0 Å². The van der Waals surface area contributed by atoms with Crippen LogP contribution in [0.15, 0.2) is 18.3 Å². The van der Waals surface area contributed by atoms with E-state index in [9.17, 15) is 9.90 Å². The van der Waals surface area contributed by atoms with Gasteiger partial charge in [0.05, 0.1) is 16.7 Å². The lowest BCUT2D eigenvalue weighted by Gasteiger charge is -2.12. The highest BCUT2D eigenvalue weighted by molar-refractivity contribution is 6.33. The number of hydrogen-bond acceptors (Lipinski definition) is 3. The van der Waals surface area contributed by atoms with Crippen molar-refractivity contribution in [2.45, 2.75) is 31.8 Å². The van der Waals surface area contributed by atoms with Crippen molar-refractivity contribution in [1.82, 2.24) is 14.9 Å². The van der Waals surface area contributed by atoms with E-state index in [0.717, 1.165) is 18.4 Å². The molecule has 3 rings (SSSR count). The summed E-state index contributed by atoms with van der Waals surface area (Å²) >= 11 is 6.03. The molecular formula is C13H14ClN3O2. The van der Waals surface area contributed by atoms with E-state index in [-0.39, 0.29) is 11.2 Å². The summed E-state index contributed by atoms with van der Waals surface area (Å²) in [7, 11) is 0. The van der Waals surface area contributed by atoms with Gasteiger partial charge >= 0.3 is 5.97 Å². The summed E-state index contributed by atoms with van der Waals surface area (Å²) in [4.78, 5) is 11.3. The van der Waals surface area contributed by atoms with Gasteiger partial charge in [-0.05, 0) is 37.5 Å². The summed E-state index contributed by atoms with van der Waals surface area (Å²) in [6.07, 6.45) is 3.78. The minimum absolute atomic E-state index is 0.127. The normalized spacial score (nSPS) is 16.7. The molecule has 0 unspecified atom stereocenters. The summed E-state index contributed by atoms with van der Waals surface area (Å²) in [5.74, 6) is -1.01. The Balaban J connectivity index is 1.99. The molecule has 0 bridgehead atoms. The smallest absolute Gasteiger partial charge is 0.354 e. The molecule has 2 aromatic heterocycles. The van der Waals surface area contributed by atoms with Crippen molar-refractivity contribution in [3.63, 3.8) is 0 Å². The standard InChI is InChI=1S/C13H14ClN3O2/c1-13(2-3-13)15-6-8-4-10-9(14)7-16-17(10)11(5-8)12(18)19/h4-5,7,15H,2-3,6H2,1H3,(H,18,19). The number of carboxylic acids is 1. The molecule has 2 N–H and O–H groups in total. The molecule has 19 heavy (non-hydrogen) atoms. The fourth-order valence-electron chi connectivity index (χ4n) is 2.05. The molecule has 1 fully saturated rings. The lowest BCUT2D eigenvalue weighted by molar-refractivity contribution is 0.0687.